The lowest BCUT2D eigenvalue weighted by Gasteiger charge is -2.24. The number of carbonyl (C=O) groups excluding carboxylic acids is 1. The predicted molar refractivity (Wildman–Crippen MR) is 46.2 cm³/mol. The molecule has 0 aliphatic rings. The molecule has 0 saturated heterocycles. The van der Waals surface area contributed by atoms with Gasteiger partial charge >= 0.3 is 11.9 Å². The van der Waals surface area contributed by atoms with Crippen LogP contribution in [0.2, 0.25) is 0 Å². The third-order valence-electron chi connectivity index (χ3n) is 1.21. The van der Waals surface area contributed by atoms with E-state index in [2.05, 4.69) is 11.3 Å². The zero-order valence-electron chi connectivity index (χ0n) is 6.82. The lowest BCUT2D eigenvalue weighted by atomic mass is 10.2. The number of alkyl halides is 4. The maximum absolute atomic E-state index is 13.0. The molecule has 0 fully saturated rings. The Kier molecular flexibility index (Phi) is 4.13. The molecule has 0 saturated carbocycles. The second kappa shape index (κ2) is 4.24. The maximum atomic E-state index is 13.0. The van der Waals surface area contributed by atoms with Gasteiger partial charge in [0.1, 0.15) is 0 Å². The molecule has 0 radical (unpaired) electrons. The SMILES string of the molecule is C=CC(Cl)(Cl)C(F)(F)C(=O)OCC. The number of hydrogen-bond donors (Lipinski definition) is 0. The molecular formula is C7H8Cl2F2O2. The second-order valence-electron chi connectivity index (χ2n) is 2.12. The fourth-order valence-electron chi connectivity index (χ4n) is 0.486. The van der Waals surface area contributed by atoms with Crippen molar-refractivity contribution in [3.8, 4) is 0 Å². The molecule has 0 aliphatic heterocycles. The van der Waals surface area contributed by atoms with Crippen LogP contribution in [0.1, 0.15) is 6.92 Å². The van der Waals surface area contributed by atoms with E-state index in [1.807, 2.05) is 0 Å². The summed E-state index contributed by atoms with van der Waals surface area (Å²) in [5.74, 6) is -5.76. The Morgan fingerprint density at radius 2 is 2.08 bits per heavy atom. The van der Waals surface area contributed by atoms with E-state index in [9.17, 15) is 13.6 Å². The van der Waals surface area contributed by atoms with E-state index in [0.29, 0.717) is 6.08 Å². The van der Waals surface area contributed by atoms with E-state index < -0.39 is 16.2 Å². The third-order valence-corrected chi connectivity index (χ3v) is 1.99. The first-order chi connectivity index (χ1) is 5.79. The van der Waals surface area contributed by atoms with Crippen molar-refractivity contribution in [2.24, 2.45) is 0 Å². The zero-order valence-corrected chi connectivity index (χ0v) is 8.33. The lowest BCUT2D eigenvalue weighted by molar-refractivity contribution is -0.171. The third kappa shape index (κ3) is 2.54. The fourth-order valence-corrected chi connectivity index (χ4v) is 0.640. The molecule has 0 unspecified atom stereocenters. The van der Waals surface area contributed by atoms with Crippen molar-refractivity contribution in [3.05, 3.63) is 12.7 Å². The number of halogens is 4. The Morgan fingerprint density at radius 1 is 1.62 bits per heavy atom. The minimum absolute atomic E-state index is 0.171. The van der Waals surface area contributed by atoms with Gasteiger partial charge in [0.25, 0.3) is 0 Å². The van der Waals surface area contributed by atoms with Crippen molar-refractivity contribution >= 4 is 29.2 Å². The Labute approximate surface area is 84.5 Å². The first-order valence-corrected chi connectivity index (χ1v) is 4.11. The topological polar surface area (TPSA) is 26.3 Å². The van der Waals surface area contributed by atoms with Crippen molar-refractivity contribution in [1.82, 2.24) is 0 Å². The van der Waals surface area contributed by atoms with Gasteiger partial charge in [0.15, 0.2) is 0 Å². The van der Waals surface area contributed by atoms with Crippen molar-refractivity contribution in [2.75, 3.05) is 6.61 Å². The summed E-state index contributed by atoms with van der Waals surface area (Å²) in [5.41, 5.74) is 0. The molecule has 0 atom stereocenters. The summed E-state index contributed by atoms with van der Waals surface area (Å²) in [4.78, 5) is 10.7. The van der Waals surface area contributed by atoms with Crippen LogP contribution in [0.4, 0.5) is 8.78 Å². The van der Waals surface area contributed by atoms with Crippen LogP contribution in [0.25, 0.3) is 0 Å². The van der Waals surface area contributed by atoms with Crippen LogP contribution >= 0.6 is 23.2 Å². The van der Waals surface area contributed by atoms with Gasteiger partial charge in [-0.1, -0.05) is 29.8 Å². The van der Waals surface area contributed by atoms with Crippen LogP contribution in [0.15, 0.2) is 12.7 Å². The van der Waals surface area contributed by atoms with E-state index >= 15 is 0 Å². The van der Waals surface area contributed by atoms with Gasteiger partial charge in [-0.2, -0.15) is 8.78 Å². The highest BCUT2D eigenvalue weighted by Gasteiger charge is 2.57. The molecule has 0 aromatic rings. The highest BCUT2D eigenvalue weighted by atomic mass is 35.5. The smallest absolute Gasteiger partial charge is 0.380 e. The van der Waals surface area contributed by atoms with Crippen LogP contribution in [0, 0.1) is 0 Å². The maximum Gasteiger partial charge on any atom is 0.380 e. The van der Waals surface area contributed by atoms with Crippen LogP contribution in [0.3, 0.4) is 0 Å². The summed E-state index contributed by atoms with van der Waals surface area (Å²) < 4.78 is 27.4. The van der Waals surface area contributed by atoms with Gasteiger partial charge in [0.05, 0.1) is 6.61 Å². The lowest BCUT2D eigenvalue weighted by Crippen LogP contribution is -2.45. The highest BCUT2D eigenvalue weighted by Crippen LogP contribution is 2.40. The number of hydrogen-bond acceptors (Lipinski definition) is 2. The minimum atomic E-state index is -3.99. The fraction of sp³-hybridized carbons (Fsp3) is 0.571. The summed E-state index contributed by atoms with van der Waals surface area (Å²) in [5, 5.41) is 0. The van der Waals surface area contributed by atoms with Gasteiger partial charge in [-0.15, -0.1) is 0 Å². The number of rotatable bonds is 4. The van der Waals surface area contributed by atoms with E-state index in [-0.39, 0.29) is 6.61 Å². The van der Waals surface area contributed by atoms with E-state index in [1.54, 1.807) is 0 Å². The van der Waals surface area contributed by atoms with Gasteiger partial charge < -0.3 is 4.74 Å². The van der Waals surface area contributed by atoms with Crippen molar-refractivity contribution < 1.29 is 18.3 Å². The average Bonchev–Trinajstić information content (AvgIpc) is 2.04. The molecule has 0 aromatic heterocycles. The standard InChI is InChI=1S/C7H8Cl2F2O2/c1-3-6(8,9)7(10,11)5(12)13-4-2/h3H,1,4H2,2H3. The van der Waals surface area contributed by atoms with Crippen molar-refractivity contribution in [1.29, 1.82) is 0 Å². The molecule has 0 rings (SSSR count). The molecule has 0 bridgehead atoms. The van der Waals surface area contributed by atoms with Crippen LogP contribution in [-0.4, -0.2) is 22.8 Å². The van der Waals surface area contributed by atoms with E-state index in [0.717, 1.165) is 0 Å². The number of esters is 1. The first-order valence-electron chi connectivity index (χ1n) is 3.36. The molecule has 6 heteroatoms. The minimum Gasteiger partial charge on any atom is -0.461 e. The Morgan fingerprint density at radius 3 is 2.38 bits per heavy atom. The number of ether oxygens (including phenoxy) is 1. The largest absolute Gasteiger partial charge is 0.461 e. The average molecular weight is 233 g/mol. The Balaban J connectivity index is 4.74. The van der Waals surface area contributed by atoms with Gasteiger partial charge in [-0.05, 0) is 13.0 Å². The molecule has 0 aromatic carbocycles. The van der Waals surface area contributed by atoms with E-state index in [1.165, 1.54) is 6.92 Å². The monoisotopic (exact) mass is 232 g/mol. The number of carbonyl (C=O) groups is 1. The molecule has 0 N–H and O–H groups in total. The molecule has 0 aliphatic carbocycles. The second-order valence-corrected chi connectivity index (χ2v) is 3.51. The molecule has 0 amide bonds. The summed E-state index contributed by atoms with van der Waals surface area (Å²) >= 11 is 10.3. The molecule has 0 spiro atoms. The van der Waals surface area contributed by atoms with Gasteiger partial charge in [0.2, 0.25) is 4.33 Å². The molecule has 13 heavy (non-hydrogen) atoms. The van der Waals surface area contributed by atoms with Gasteiger partial charge in [0, 0.05) is 0 Å². The predicted octanol–water partition coefficient (Wildman–Crippen LogP) is 2.54. The first kappa shape index (κ1) is 12.7. The summed E-state index contributed by atoms with van der Waals surface area (Å²) in [7, 11) is 0. The summed E-state index contributed by atoms with van der Waals surface area (Å²) in [6.45, 7) is 4.21. The van der Waals surface area contributed by atoms with Crippen molar-refractivity contribution in [2.45, 2.75) is 17.2 Å². The van der Waals surface area contributed by atoms with Crippen LogP contribution in [-0.2, 0) is 9.53 Å². The Hall–Kier alpha value is -0.350. The summed E-state index contributed by atoms with van der Waals surface area (Å²) in [6, 6.07) is 0. The highest BCUT2D eigenvalue weighted by molar-refractivity contribution is 6.51. The Bertz CT molecular complexity index is 217. The molecule has 76 valence electrons. The zero-order chi connectivity index (χ0) is 10.7. The van der Waals surface area contributed by atoms with Crippen LogP contribution in [0.5, 0.6) is 0 Å². The van der Waals surface area contributed by atoms with Crippen LogP contribution < -0.4 is 0 Å². The van der Waals surface area contributed by atoms with E-state index in [4.69, 9.17) is 23.2 Å². The van der Waals surface area contributed by atoms with Gasteiger partial charge in [-0.25, -0.2) is 4.79 Å². The summed E-state index contributed by atoms with van der Waals surface area (Å²) in [6.07, 6.45) is 0.576. The quantitative estimate of drug-likeness (QED) is 0.423. The molecular weight excluding hydrogens is 225 g/mol. The molecule has 2 nitrogen and oxygen atoms in total. The van der Waals surface area contributed by atoms with Gasteiger partial charge in [-0.3, -0.25) is 0 Å². The number of allylic oxidation sites excluding steroid dienone is 1. The molecule has 0 heterocycles. The van der Waals surface area contributed by atoms with Crippen molar-refractivity contribution in [3.63, 3.8) is 0 Å². The normalized spacial score (nSPS) is 12.4.